The van der Waals surface area contributed by atoms with Gasteiger partial charge in [-0.2, -0.15) is 0 Å². The van der Waals surface area contributed by atoms with Gasteiger partial charge in [-0.05, 0) is 30.0 Å². The number of carbonyl (C=O) groups is 2. The first kappa shape index (κ1) is 15.4. The predicted molar refractivity (Wildman–Crippen MR) is 88.9 cm³/mol. The second-order valence-corrected chi connectivity index (χ2v) is 6.11. The molecule has 6 nitrogen and oxygen atoms in total. The van der Waals surface area contributed by atoms with Gasteiger partial charge in [0.15, 0.2) is 0 Å². The molecule has 23 heavy (non-hydrogen) atoms. The van der Waals surface area contributed by atoms with E-state index in [1.54, 1.807) is 23.5 Å². The Balaban J connectivity index is 1.49. The fourth-order valence-electron chi connectivity index (χ4n) is 2.23. The molecule has 0 radical (unpaired) electrons. The molecule has 0 bridgehead atoms. The van der Waals surface area contributed by atoms with Gasteiger partial charge in [0.2, 0.25) is 0 Å². The molecule has 3 N–H and O–H groups in total. The summed E-state index contributed by atoms with van der Waals surface area (Å²) in [5.74, 6) is 0.312. The topological polar surface area (TPSA) is 79.5 Å². The van der Waals surface area contributed by atoms with Crippen LogP contribution in [0.2, 0.25) is 0 Å². The predicted octanol–water partition coefficient (Wildman–Crippen LogP) is 1.99. The van der Waals surface area contributed by atoms with E-state index < -0.39 is 6.04 Å². The Labute approximate surface area is 137 Å². The van der Waals surface area contributed by atoms with E-state index in [2.05, 4.69) is 16.0 Å². The van der Waals surface area contributed by atoms with E-state index in [0.29, 0.717) is 18.0 Å². The van der Waals surface area contributed by atoms with E-state index in [0.717, 1.165) is 6.42 Å². The van der Waals surface area contributed by atoms with Crippen molar-refractivity contribution in [3.8, 4) is 5.75 Å². The highest BCUT2D eigenvalue weighted by Gasteiger charge is 2.25. The lowest BCUT2D eigenvalue weighted by atomic mass is 10.2. The number of benzene rings is 1. The maximum Gasteiger partial charge on any atom is 0.315 e. The molecule has 2 heterocycles. The third kappa shape index (κ3) is 4.01. The Hall–Kier alpha value is -2.54. The number of amides is 3. The molecular weight excluding hydrogens is 314 g/mol. The molecule has 0 fully saturated rings. The number of hydrogen-bond acceptors (Lipinski definition) is 4. The quantitative estimate of drug-likeness (QED) is 0.801. The monoisotopic (exact) mass is 331 g/mol. The van der Waals surface area contributed by atoms with Crippen molar-refractivity contribution in [3.05, 3.63) is 46.7 Å². The van der Waals surface area contributed by atoms with Crippen LogP contribution in [-0.2, 0) is 11.2 Å². The van der Waals surface area contributed by atoms with E-state index in [1.807, 2.05) is 29.6 Å². The van der Waals surface area contributed by atoms with Crippen LogP contribution < -0.4 is 20.7 Å². The zero-order chi connectivity index (χ0) is 16.1. The Morgan fingerprint density at radius 3 is 3.00 bits per heavy atom. The molecule has 7 heteroatoms. The summed E-state index contributed by atoms with van der Waals surface area (Å²) in [6, 6.07) is 10.1. The largest absolute Gasteiger partial charge is 0.489 e. The van der Waals surface area contributed by atoms with Crippen LogP contribution in [0.3, 0.4) is 0 Å². The Kier molecular flexibility index (Phi) is 4.77. The lowest BCUT2D eigenvalue weighted by Gasteiger charge is -2.15. The molecule has 2 aromatic rings. The Bertz CT molecular complexity index is 688. The number of ether oxygens (including phenoxy) is 1. The zero-order valence-electron chi connectivity index (χ0n) is 12.4. The number of thiophene rings is 1. The van der Waals surface area contributed by atoms with Crippen molar-refractivity contribution >= 4 is 29.0 Å². The van der Waals surface area contributed by atoms with Crippen molar-refractivity contribution in [1.29, 1.82) is 0 Å². The Morgan fingerprint density at radius 1 is 1.30 bits per heavy atom. The van der Waals surface area contributed by atoms with E-state index in [4.69, 9.17) is 4.74 Å². The molecule has 0 saturated heterocycles. The van der Waals surface area contributed by atoms with Crippen LogP contribution in [0.15, 0.2) is 41.8 Å². The van der Waals surface area contributed by atoms with Crippen molar-refractivity contribution < 1.29 is 14.3 Å². The fraction of sp³-hybridized carbons (Fsp3) is 0.250. The van der Waals surface area contributed by atoms with Gasteiger partial charge in [-0.15, -0.1) is 11.3 Å². The smallest absolute Gasteiger partial charge is 0.315 e. The summed E-state index contributed by atoms with van der Waals surface area (Å²) in [5, 5.41) is 10.1. The Morgan fingerprint density at radius 2 is 2.17 bits per heavy atom. The highest BCUT2D eigenvalue weighted by atomic mass is 32.1. The molecular formula is C16H17N3O3S. The molecule has 0 unspecified atom stereocenters. The minimum absolute atomic E-state index is 0.0984. The van der Waals surface area contributed by atoms with Crippen LogP contribution in [0.5, 0.6) is 5.75 Å². The SMILES string of the molecule is O=C(NCCc1cccs1)N[C@@H]1COc2ccccc2NC1=O. The number of para-hydroxylation sites is 2. The van der Waals surface area contributed by atoms with Crippen LogP contribution in [0, 0.1) is 0 Å². The number of urea groups is 1. The third-order valence-corrected chi connectivity index (χ3v) is 4.35. The number of rotatable bonds is 4. The standard InChI is InChI=1S/C16H17N3O3S/c20-15-13(10-22-14-6-2-1-5-12(14)18-15)19-16(21)17-8-7-11-4-3-9-23-11/h1-6,9,13H,7-8,10H2,(H,18,20)(H2,17,19,21)/t13-/m1/s1. The maximum absolute atomic E-state index is 12.1. The van der Waals surface area contributed by atoms with Crippen molar-refractivity contribution in [2.24, 2.45) is 0 Å². The average molecular weight is 331 g/mol. The molecule has 3 rings (SSSR count). The molecule has 1 aromatic heterocycles. The van der Waals surface area contributed by atoms with Crippen LogP contribution in [0.25, 0.3) is 0 Å². The van der Waals surface area contributed by atoms with E-state index in [1.165, 1.54) is 4.88 Å². The summed E-state index contributed by atoms with van der Waals surface area (Å²) in [5.41, 5.74) is 0.611. The van der Waals surface area contributed by atoms with E-state index in [9.17, 15) is 9.59 Å². The molecule has 120 valence electrons. The maximum atomic E-state index is 12.1. The summed E-state index contributed by atoms with van der Waals surface area (Å²) in [7, 11) is 0. The highest BCUT2D eigenvalue weighted by Crippen LogP contribution is 2.25. The van der Waals surface area contributed by atoms with Gasteiger partial charge in [-0.1, -0.05) is 18.2 Å². The number of anilines is 1. The fourth-order valence-corrected chi connectivity index (χ4v) is 2.94. The highest BCUT2D eigenvalue weighted by molar-refractivity contribution is 7.09. The second kappa shape index (κ2) is 7.15. The average Bonchev–Trinajstić information content (AvgIpc) is 3.00. The zero-order valence-corrected chi connectivity index (χ0v) is 13.2. The second-order valence-electron chi connectivity index (χ2n) is 5.08. The van der Waals surface area contributed by atoms with E-state index in [-0.39, 0.29) is 18.5 Å². The molecule has 0 saturated carbocycles. The van der Waals surface area contributed by atoms with Crippen molar-refractivity contribution in [3.63, 3.8) is 0 Å². The summed E-state index contributed by atoms with van der Waals surface area (Å²) >= 11 is 1.65. The lowest BCUT2D eigenvalue weighted by Crippen LogP contribution is -2.50. The summed E-state index contributed by atoms with van der Waals surface area (Å²) in [4.78, 5) is 25.3. The van der Waals surface area contributed by atoms with E-state index >= 15 is 0 Å². The van der Waals surface area contributed by atoms with Crippen LogP contribution in [-0.4, -0.2) is 31.1 Å². The van der Waals surface area contributed by atoms with Crippen LogP contribution >= 0.6 is 11.3 Å². The first-order valence-corrected chi connectivity index (χ1v) is 8.20. The summed E-state index contributed by atoms with van der Waals surface area (Å²) in [6.07, 6.45) is 0.768. The van der Waals surface area contributed by atoms with Gasteiger partial charge in [0.25, 0.3) is 5.91 Å². The number of carbonyl (C=O) groups excluding carboxylic acids is 2. The number of fused-ring (bicyclic) bond motifs is 1. The normalized spacial score (nSPS) is 16.5. The molecule has 0 aliphatic carbocycles. The van der Waals surface area contributed by atoms with Gasteiger partial charge >= 0.3 is 6.03 Å². The van der Waals surface area contributed by atoms with Gasteiger partial charge in [-0.25, -0.2) is 4.79 Å². The van der Waals surface area contributed by atoms with Crippen LogP contribution in [0.1, 0.15) is 4.88 Å². The van der Waals surface area contributed by atoms with Gasteiger partial charge in [0.1, 0.15) is 18.4 Å². The molecule has 3 amide bonds. The van der Waals surface area contributed by atoms with Crippen molar-refractivity contribution in [2.45, 2.75) is 12.5 Å². The van der Waals surface area contributed by atoms with Gasteiger partial charge in [-0.3, -0.25) is 4.79 Å². The minimum Gasteiger partial charge on any atom is -0.489 e. The third-order valence-electron chi connectivity index (χ3n) is 3.41. The summed E-state index contributed by atoms with van der Waals surface area (Å²) in [6.45, 7) is 0.614. The molecule has 0 spiro atoms. The van der Waals surface area contributed by atoms with Gasteiger partial charge in [0, 0.05) is 11.4 Å². The van der Waals surface area contributed by atoms with Gasteiger partial charge < -0.3 is 20.7 Å². The number of nitrogens with one attached hydrogen (secondary N) is 3. The first-order chi connectivity index (χ1) is 11.2. The number of hydrogen-bond donors (Lipinski definition) is 3. The van der Waals surface area contributed by atoms with Gasteiger partial charge in [0.05, 0.1) is 5.69 Å². The summed E-state index contributed by atoms with van der Waals surface area (Å²) < 4.78 is 5.57. The van der Waals surface area contributed by atoms with Crippen LogP contribution in [0.4, 0.5) is 10.5 Å². The van der Waals surface area contributed by atoms with Crippen molar-refractivity contribution in [2.75, 3.05) is 18.5 Å². The molecule has 1 aromatic carbocycles. The molecule has 1 aliphatic rings. The molecule has 1 aliphatic heterocycles. The van der Waals surface area contributed by atoms with Crippen molar-refractivity contribution in [1.82, 2.24) is 10.6 Å². The molecule has 1 atom stereocenters. The minimum atomic E-state index is -0.732. The lowest BCUT2D eigenvalue weighted by molar-refractivity contribution is -0.118. The first-order valence-electron chi connectivity index (χ1n) is 7.32.